The van der Waals surface area contributed by atoms with Gasteiger partial charge in [-0.1, -0.05) is 31.9 Å². The number of primary amides is 1. The predicted octanol–water partition coefficient (Wildman–Crippen LogP) is 4.21. The van der Waals surface area contributed by atoms with Gasteiger partial charge in [-0.05, 0) is 49.3 Å². The molecule has 0 aromatic heterocycles. The van der Waals surface area contributed by atoms with Crippen LogP contribution in [0.15, 0.2) is 18.2 Å². The van der Waals surface area contributed by atoms with Gasteiger partial charge in [0.1, 0.15) is 0 Å². The van der Waals surface area contributed by atoms with Gasteiger partial charge in [0.25, 0.3) is 0 Å². The molecule has 1 atom stereocenters. The Bertz CT molecular complexity index is 499. The average Bonchev–Trinajstić information content (AvgIpc) is 2.53. The van der Waals surface area contributed by atoms with Crippen molar-refractivity contribution in [1.82, 2.24) is 0 Å². The fourth-order valence-electron chi connectivity index (χ4n) is 2.81. The zero-order valence-corrected chi connectivity index (χ0v) is 13.0. The van der Waals surface area contributed by atoms with Crippen molar-refractivity contribution in [1.29, 1.82) is 0 Å². The van der Waals surface area contributed by atoms with Gasteiger partial charge >= 0.3 is 0 Å². The number of rotatable bonds is 3. The smallest absolute Gasteiger partial charge is 0.248 e. The van der Waals surface area contributed by atoms with E-state index in [1.807, 2.05) is 0 Å². The summed E-state index contributed by atoms with van der Waals surface area (Å²) in [5.74, 6) is -0.424. The summed E-state index contributed by atoms with van der Waals surface area (Å²) >= 11 is 6.20. The van der Waals surface area contributed by atoms with Crippen LogP contribution in [0.3, 0.4) is 0 Å². The van der Waals surface area contributed by atoms with Crippen molar-refractivity contribution in [2.24, 2.45) is 11.1 Å². The Morgan fingerprint density at radius 1 is 1.35 bits per heavy atom. The van der Waals surface area contributed by atoms with Crippen LogP contribution < -0.4 is 11.1 Å². The summed E-state index contributed by atoms with van der Waals surface area (Å²) in [6.07, 6.45) is 5.96. The Kier molecular flexibility index (Phi) is 4.59. The van der Waals surface area contributed by atoms with Crippen molar-refractivity contribution in [2.75, 3.05) is 5.32 Å². The van der Waals surface area contributed by atoms with Gasteiger partial charge < -0.3 is 11.1 Å². The van der Waals surface area contributed by atoms with Crippen LogP contribution in [0.5, 0.6) is 0 Å². The maximum absolute atomic E-state index is 11.2. The number of carbonyl (C=O) groups is 1. The number of nitrogens with two attached hydrogens (primary N) is 1. The van der Waals surface area contributed by atoms with Gasteiger partial charge in [-0.3, -0.25) is 4.79 Å². The molecule has 0 bridgehead atoms. The number of benzene rings is 1. The van der Waals surface area contributed by atoms with E-state index in [1.54, 1.807) is 18.2 Å². The first-order chi connectivity index (χ1) is 9.37. The number of halogens is 1. The molecule has 1 unspecified atom stereocenters. The van der Waals surface area contributed by atoms with Crippen LogP contribution in [0.4, 0.5) is 5.69 Å². The zero-order valence-electron chi connectivity index (χ0n) is 12.2. The molecule has 110 valence electrons. The largest absolute Gasteiger partial charge is 0.381 e. The summed E-state index contributed by atoms with van der Waals surface area (Å²) in [5.41, 5.74) is 7.05. The molecule has 1 saturated carbocycles. The Morgan fingerprint density at radius 2 is 2.10 bits per heavy atom. The van der Waals surface area contributed by atoms with E-state index in [4.69, 9.17) is 17.3 Å². The monoisotopic (exact) mass is 294 g/mol. The Balaban J connectivity index is 2.09. The highest BCUT2D eigenvalue weighted by Crippen LogP contribution is 2.35. The second kappa shape index (κ2) is 6.04. The maximum atomic E-state index is 11.2. The molecule has 1 aliphatic rings. The fourth-order valence-corrected chi connectivity index (χ4v) is 2.99. The second-order valence-electron chi connectivity index (χ2n) is 6.50. The Hall–Kier alpha value is -1.22. The average molecular weight is 295 g/mol. The first-order valence-electron chi connectivity index (χ1n) is 7.23. The van der Waals surface area contributed by atoms with E-state index in [2.05, 4.69) is 19.2 Å². The van der Waals surface area contributed by atoms with E-state index in [-0.39, 0.29) is 0 Å². The first-order valence-corrected chi connectivity index (χ1v) is 7.61. The van der Waals surface area contributed by atoms with E-state index in [9.17, 15) is 4.79 Å². The molecule has 4 heteroatoms. The summed E-state index contributed by atoms with van der Waals surface area (Å²) in [6.45, 7) is 4.66. The van der Waals surface area contributed by atoms with Gasteiger partial charge in [-0.15, -0.1) is 0 Å². The van der Waals surface area contributed by atoms with Crippen LogP contribution in [0.1, 0.15) is 56.3 Å². The summed E-state index contributed by atoms with van der Waals surface area (Å²) in [7, 11) is 0. The molecule has 0 spiro atoms. The Morgan fingerprint density at radius 3 is 2.80 bits per heavy atom. The van der Waals surface area contributed by atoms with Gasteiger partial charge in [0, 0.05) is 11.6 Å². The number of nitrogens with one attached hydrogen (secondary N) is 1. The minimum absolute atomic E-state index is 0.414. The fraction of sp³-hybridized carbons (Fsp3) is 0.562. The SMILES string of the molecule is CC1(C)CCCC(Nc2cc(C(N)=O)ccc2Cl)CC1. The van der Waals surface area contributed by atoms with Crippen LogP contribution in [-0.2, 0) is 0 Å². The number of carbonyl (C=O) groups excluding carboxylic acids is 1. The normalized spacial score (nSPS) is 22.1. The molecular weight excluding hydrogens is 272 g/mol. The molecule has 1 aliphatic carbocycles. The molecular formula is C16H23ClN2O. The van der Waals surface area contributed by atoms with E-state index in [1.165, 1.54) is 19.3 Å². The molecule has 2 rings (SSSR count). The first kappa shape index (κ1) is 15.2. The van der Waals surface area contributed by atoms with Gasteiger partial charge in [0.05, 0.1) is 10.7 Å². The molecule has 3 N–H and O–H groups in total. The number of hydrogen-bond acceptors (Lipinski definition) is 2. The minimum Gasteiger partial charge on any atom is -0.381 e. The van der Waals surface area contributed by atoms with Crippen molar-refractivity contribution in [3.63, 3.8) is 0 Å². The van der Waals surface area contributed by atoms with Crippen LogP contribution in [0.2, 0.25) is 5.02 Å². The molecule has 1 fully saturated rings. The lowest BCUT2D eigenvalue weighted by molar-refractivity contribution is 0.100. The molecule has 3 nitrogen and oxygen atoms in total. The lowest BCUT2D eigenvalue weighted by Crippen LogP contribution is -2.20. The Labute approximate surface area is 125 Å². The molecule has 1 amide bonds. The van der Waals surface area contributed by atoms with Crippen molar-refractivity contribution >= 4 is 23.2 Å². The predicted molar refractivity (Wildman–Crippen MR) is 84.2 cm³/mol. The van der Waals surface area contributed by atoms with Crippen molar-refractivity contribution in [3.05, 3.63) is 28.8 Å². The second-order valence-corrected chi connectivity index (χ2v) is 6.90. The maximum Gasteiger partial charge on any atom is 0.248 e. The molecule has 1 aromatic carbocycles. The lowest BCUT2D eigenvalue weighted by atomic mass is 9.85. The highest BCUT2D eigenvalue weighted by molar-refractivity contribution is 6.33. The number of hydrogen-bond donors (Lipinski definition) is 2. The van der Waals surface area contributed by atoms with E-state index < -0.39 is 5.91 Å². The van der Waals surface area contributed by atoms with Gasteiger partial charge in [-0.25, -0.2) is 0 Å². The van der Waals surface area contributed by atoms with Gasteiger partial charge in [-0.2, -0.15) is 0 Å². The van der Waals surface area contributed by atoms with E-state index >= 15 is 0 Å². The van der Waals surface area contributed by atoms with Gasteiger partial charge in [0.15, 0.2) is 0 Å². The van der Waals surface area contributed by atoms with Crippen LogP contribution in [0, 0.1) is 5.41 Å². The minimum atomic E-state index is -0.424. The van der Waals surface area contributed by atoms with E-state index in [0.29, 0.717) is 22.0 Å². The third-order valence-corrected chi connectivity index (χ3v) is 4.52. The van der Waals surface area contributed by atoms with Crippen molar-refractivity contribution in [3.8, 4) is 0 Å². The van der Waals surface area contributed by atoms with E-state index in [0.717, 1.165) is 18.5 Å². The third-order valence-electron chi connectivity index (χ3n) is 4.19. The molecule has 20 heavy (non-hydrogen) atoms. The molecule has 0 saturated heterocycles. The highest BCUT2D eigenvalue weighted by atomic mass is 35.5. The molecule has 0 radical (unpaired) electrons. The van der Waals surface area contributed by atoms with Crippen LogP contribution in [0.25, 0.3) is 0 Å². The zero-order chi connectivity index (χ0) is 14.8. The quantitative estimate of drug-likeness (QED) is 0.821. The van der Waals surface area contributed by atoms with Gasteiger partial charge in [0.2, 0.25) is 5.91 Å². The summed E-state index contributed by atoms with van der Waals surface area (Å²) in [5, 5.41) is 4.12. The van der Waals surface area contributed by atoms with Crippen LogP contribution in [-0.4, -0.2) is 11.9 Å². The topological polar surface area (TPSA) is 55.1 Å². The molecule has 1 aromatic rings. The lowest BCUT2D eigenvalue weighted by Gasteiger charge is -2.22. The molecule has 0 aliphatic heterocycles. The molecule has 0 heterocycles. The summed E-state index contributed by atoms with van der Waals surface area (Å²) in [6, 6.07) is 5.55. The van der Waals surface area contributed by atoms with Crippen molar-refractivity contribution in [2.45, 2.75) is 52.0 Å². The third kappa shape index (κ3) is 3.89. The number of anilines is 1. The van der Waals surface area contributed by atoms with Crippen LogP contribution >= 0.6 is 11.6 Å². The number of amides is 1. The van der Waals surface area contributed by atoms with Crippen molar-refractivity contribution < 1.29 is 4.79 Å². The highest BCUT2D eigenvalue weighted by Gasteiger charge is 2.24. The summed E-state index contributed by atoms with van der Waals surface area (Å²) < 4.78 is 0. The standard InChI is InChI=1S/C16H23ClN2O/c1-16(2)8-3-4-12(7-9-16)19-14-10-11(15(18)20)5-6-13(14)17/h5-6,10,12,19H,3-4,7-9H2,1-2H3,(H2,18,20). The summed E-state index contributed by atoms with van der Waals surface area (Å²) in [4.78, 5) is 11.2.